The first-order valence-electron chi connectivity index (χ1n) is 4.47. The number of halogens is 4. The molecule has 0 aromatic heterocycles. The van der Waals surface area contributed by atoms with Gasteiger partial charge in [0.2, 0.25) is 0 Å². The Morgan fingerprint density at radius 3 is 2.40 bits per heavy atom. The topological polar surface area (TPSA) is 26.0 Å². The quantitative estimate of drug-likeness (QED) is 0.896. The van der Waals surface area contributed by atoms with Crippen molar-refractivity contribution < 1.29 is 13.2 Å². The zero-order valence-electron chi connectivity index (χ0n) is 7.89. The molecule has 0 fully saturated rings. The van der Waals surface area contributed by atoms with E-state index in [-0.39, 0.29) is 6.42 Å². The summed E-state index contributed by atoms with van der Waals surface area (Å²) < 4.78 is 36.6. The normalized spacial score (nSPS) is 13.9. The van der Waals surface area contributed by atoms with Crippen LogP contribution >= 0.6 is 15.9 Å². The van der Waals surface area contributed by atoms with E-state index < -0.39 is 18.6 Å². The molecular formula is C10H11BrF3N. The van der Waals surface area contributed by atoms with Gasteiger partial charge >= 0.3 is 6.18 Å². The molecule has 0 radical (unpaired) electrons. The third-order valence-corrected chi connectivity index (χ3v) is 2.77. The fraction of sp³-hybridized carbons (Fsp3) is 0.400. The minimum absolute atomic E-state index is 0.0912. The first kappa shape index (κ1) is 12.5. The SMILES string of the molecule is N[C@H](CCC(F)(F)F)c1ccccc1Br. The molecule has 0 aliphatic rings. The summed E-state index contributed by atoms with van der Waals surface area (Å²) in [6, 6.07) is 6.47. The Hall–Kier alpha value is -0.550. The Bertz CT molecular complexity index is 325. The zero-order valence-corrected chi connectivity index (χ0v) is 9.48. The fourth-order valence-electron chi connectivity index (χ4n) is 1.25. The van der Waals surface area contributed by atoms with E-state index in [0.29, 0.717) is 5.56 Å². The molecule has 0 bridgehead atoms. The van der Waals surface area contributed by atoms with Gasteiger partial charge in [-0.15, -0.1) is 0 Å². The first-order valence-corrected chi connectivity index (χ1v) is 5.26. The molecular weight excluding hydrogens is 271 g/mol. The lowest BCUT2D eigenvalue weighted by Gasteiger charge is -2.14. The minimum atomic E-state index is -4.14. The van der Waals surface area contributed by atoms with Crippen molar-refractivity contribution in [1.29, 1.82) is 0 Å². The van der Waals surface area contributed by atoms with E-state index >= 15 is 0 Å². The van der Waals surface area contributed by atoms with Crippen molar-refractivity contribution in [1.82, 2.24) is 0 Å². The standard InChI is InChI=1S/C10H11BrF3N/c11-8-4-2-1-3-7(8)9(15)5-6-10(12,13)14/h1-4,9H,5-6,15H2/t9-/m1/s1. The maximum absolute atomic E-state index is 12.0. The Morgan fingerprint density at radius 2 is 1.87 bits per heavy atom. The average molecular weight is 282 g/mol. The van der Waals surface area contributed by atoms with Gasteiger partial charge in [0.1, 0.15) is 0 Å². The minimum Gasteiger partial charge on any atom is -0.324 e. The summed E-state index contributed by atoms with van der Waals surface area (Å²) in [6.45, 7) is 0. The highest BCUT2D eigenvalue weighted by Crippen LogP contribution is 2.29. The number of alkyl halides is 3. The third-order valence-electron chi connectivity index (χ3n) is 2.04. The number of rotatable bonds is 3. The Kier molecular flexibility index (Phi) is 4.16. The van der Waals surface area contributed by atoms with Crippen LogP contribution < -0.4 is 5.73 Å². The summed E-state index contributed by atoms with van der Waals surface area (Å²) in [5.74, 6) is 0. The van der Waals surface area contributed by atoms with Gasteiger partial charge in [-0.05, 0) is 18.1 Å². The number of hydrogen-bond donors (Lipinski definition) is 1. The third kappa shape index (κ3) is 4.22. The van der Waals surface area contributed by atoms with E-state index in [0.717, 1.165) is 4.47 Å². The highest BCUT2D eigenvalue weighted by Gasteiger charge is 2.28. The van der Waals surface area contributed by atoms with Crippen LogP contribution in [-0.4, -0.2) is 6.18 Å². The van der Waals surface area contributed by atoms with E-state index in [2.05, 4.69) is 15.9 Å². The summed E-state index contributed by atoms with van der Waals surface area (Å²) in [5.41, 5.74) is 6.38. The van der Waals surface area contributed by atoms with Crippen molar-refractivity contribution >= 4 is 15.9 Å². The molecule has 0 aliphatic heterocycles. The van der Waals surface area contributed by atoms with E-state index in [1.807, 2.05) is 0 Å². The second-order valence-corrected chi connectivity index (χ2v) is 4.14. The molecule has 0 saturated heterocycles. The molecule has 0 saturated carbocycles. The Labute approximate surface area is 94.6 Å². The predicted molar refractivity (Wildman–Crippen MR) is 56.4 cm³/mol. The largest absolute Gasteiger partial charge is 0.389 e. The lowest BCUT2D eigenvalue weighted by molar-refractivity contribution is -0.136. The van der Waals surface area contributed by atoms with Gasteiger partial charge in [0, 0.05) is 16.9 Å². The molecule has 1 aromatic carbocycles. The number of nitrogens with two attached hydrogens (primary N) is 1. The van der Waals surface area contributed by atoms with Gasteiger partial charge in [-0.25, -0.2) is 0 Å². The Balaban J connectivity index is 2.62. The zero-order chi connectivity index (χ0) is 11.5. The molecule has 5 heteroatoms. The van der Waals surface area contributed by atoms with Gasteiger partial charge in [-0.2, -0.15) is 13.2 Å². The predicted octanol–water partition coefficient (Wildman–Crippen LogP) is 3.79. The first-order chi connectivity index (χ1) is 6.90. The van der Waals surface area contributed by atoms with Crippen LogP contribution in [0.2, 0.25) is 0 Å². The number of benzene rings is 1. The molecule has 0 unspecified atom stereocenters. The summed E-state index contributed by atoms with van der Waals surface area (Å²) in [6.07, 6.45) is -5.08. The average Bonchev–Trinajstić information content (AvgIpc) is 2.14. The van der Waals surface area contributed by atoms with Crippen molar-refractivity contribution in [3.63, 3.8) is 0 Å². The van der Waals surface area contributed by atoms with E-state index in [9.17, 15) is 13.2 Å². The molecule has 2 N–H and O–H groups in total. The highest BCUT2D eigenvalue weighted by atomic mass is 79.9. The smallest absolute Gasteiger partial charge is 0.324 e. The van der Waals surface area contributed by atoms with Crippen LogP contribution in [0.5, 0.6) is 0 Å². The van der Waals surface area contributed by atoms with Gasteiger partial charge in [0.25, 0.3) is 0 Å². The lowest BCUT2D eigenvalue weighted by Crippen LogP contribution is -2.16. The van der Waals surface area contributed by atoms with Gasteiger partial charge in [-0.1, -0.05) is 34.1 Å². The van der Waals surface area contributed by atoms with Crippen LogP contribution in [-0.2, 0) is 0 Å². The van der Waals surface area contributed by atoms with Crippen molar-refractivity contribution in [2.45, 2.75) is 25.1 Å². The molecule has 84 valence electrons. The van der Waals surface area contributed by atoms with Crippen LogP contribution in [0.25, 0.3) is 0 Å². The molecule has 1 atom stereocenters. The van der Waals surface area contributed by atoms with Crippen molar-refractivity contribution in [3.8, 4) is 0 Å². The number of hydrogen-bond acceptors (Lipinski definition) is 1. The van der Waals surface area contributed by atoms with Gasteiger partial charge in [0.15, 0.2) is 0 Å². The summed E-state index contributed by atoms with van der Waals surface area (Å²) in [7, 11) is 0. The summed E-state index contributed by atoms with van der Waals surface area (Å²) in [4.78, 5) is 0. The molecule has 0 spiro atoms. The summed E-state index contributed by atoms with van der Waals surface area (Å²) in [5, 5.41) is 0. The fourth-order valence-corrected chi connectivity index (χ4v) is 1.83. The monoisotopic (exact) mass is 281 g/mol. The molecule has 1 nitrogen and oxygen atoms in total. The van der Waals surface area contributed by atoms with Crippen molar-refractivity contribution in [2.24, 2.45) is 5.73 Å². The van der Waals surface area contributed by atoms with Crippen LogP contribution in [0, 0.1) is 0 Å². The molecule has 15 heavy (non-hydrogen) atoms. The van der Waals surface area contributed by atoms with Crippen LogP contribution in [0.4, 0.5) is 13.2 Å². The second-order valence-electron chi connectivity index (χ2n) is 3.28. The molecule has 0 aliphatic carbocycles. The van der Waals surface area contributed by atoms with E-state index in [4.69, 9.17) is 5.73 Å². The van der Waals surface area contributed by atoms with Crippen LogP contribution in [0.1, 0.15) is 24.4 Å². The summed E-state index contributed by atoms with van der Waals surface area (Å²) >= 11 is 3.26. The maximum Gasteiger partial charge on any atom is 0.389 e. The van der Waals surface area contributed by atoms with Crippen LogP contribution in [0.3, 0.4) is 0 Å². The van der Waals surface area contributed by atoms with Gasteiger partial charge < -0.3 is 5.73 Å². The lowest BCUT2D eigenvalue weighted by atomic mass is 10.0. The molecule has 0 heterocycles. The second kappa shape index (κ2) is 4.99. The molecule has 1 aromatic rings. The van der Waals surface area contributed by atoms with E-state index in [1.54, 1.807) is 24.3 Å². The van der Waals surface area contributed by atoms with Crippen LogP contribution in [0.15, 0.2) is 28.7 Å². The van der Waals surface area contributed by atoms with E-state index in [1.165, 1.54) is 0 Å². The molecule has 0 amide bonds. The van der Waals surface area contributed by atoms with Gasteiger partial charge in [0.05, 0.1) is 0 Å². The maximum atomic E-state index is 12.0. The van der Waals surface area contributed by atoms with Crippen molar-refractivity contribution in [2.75, 3.05) is 0 Å². The van der Waals surface area contributed by atoms with Crippen molar-refractivity contribution in [3.05, 3.63) is 34.3 Å². The Morgan fingerprint density at radius 1 is 1.27 bits per heavy atom. The highest BCUT2D eigenvalue weighted by molar-refractivity contribution is 9.10. The molecule has 1 rings (SSSR count). The van der Waals surface area contributed by atoms with Gasteiger partial charge in [-0.3, -0.25) is 0 Å².